The van der Waals surface area contributed by atoms with Crippen molar-refractivity contribution in [2.75, 3.05) is 0 Å². The number of unbranched alkanes of at least 4 members (excludes halogenated alkanes) is 7. The first-order valence-electron chi connectivity index (χ1n) is 23.7. The Hall–Kier alpha value is -2.97. The van der Waals surface area contributed by atoms with E-state index >= 15 is 0 Å². The maximum atomic E-state index is 11.4. The van der Waals surface area contributed by atoms with Crippen LogP contribution in [0.4, 0.5) is 0 Å². The van der Waals surface area contributed by atoms with Gasteiger partial charge in [-0.1, -0.05) is 163 Å². The summed E-state index contributed by atoms with van der Waals surface area (Å²) in [5.74, 6) is 1.35. The minimum Gasteiger partial charge on any atom is -0.507 e. The molecule has 0 amide bonds. The Bertz CT molecular complexity index is 1720. The molecule has 0 radical (unpaired) electrons. The van der Waals surface area contributed by atoms with Crippen molar-refractivity contribution in [2.24, 2.45) is 11.8 Å². The molecular formula is C53H84O4Si2. The van der Waals surface area contributed by atoms with Crippen LogP contribution in [-0.4, -0.2) is 36.6 Å². The molecule has 0 bridgehead atoms. The zero-order valence-corrected chi connectivity index (χ0v) is 40.8. The molecule has 2 aromatic carbocycles. The quantitative estimate of drug-likeness (QED) is 0.0482. The molecule has 2 aliphatic carbocycles. The topological polar surface area (TPSA) is 80.9 Å². The van der Waals surface area contributed by atoms with E-state index in [0.717, 1.165) is 74.5 Å². The monoisotopic (exact) mass is 841 g/mol. The van der Waals surface area contributed by atoms with Crippen LogP contribution >= 0.6 is 0 Å². The van der Waals surface area contributed by atoms with Gasteiger partial charge >= 0.3 is 0 Å². The molecule has 2 aromatic rings. The third kappa shape index (κ3) is 14.9. The minimum atomic E-state index is -1.34. The molecule has 0 saturated carbocycles. The van der Waals surface area contributed by atoms with Crippen molar-refractivity contribution < 1.29 is 20.4 Å². The molecule has 0 fully saturated rings. The predicted molar refractivity (Wildman–Crippen MR) is 260 cm³/mol. The molecule has 0 heterocycles. The largest absolute Gasteiger partial charge is 0.507 e. The highest BCUT2D eigenvalue weighted by Gasteiger charge is 2.32. The predicted octanol–water partition coefficient (Wildman–Crippen LogP) is 16.0. The van der Waals surface area contributed by atoms with Crippen molar-refractivity contribution in [1.82, 2.24) is 0 Å². The summed E-state index contributed by atoms with van der Waals surface area (Å²) in [6.45, 7) is 27.5. The third-order valence-corrected chi connectivity index (χ3v) is 20.9. The molecule has 4 atom stereocenters. The van der Waals surface area contributed by atoms with Crippen molar-refractivity contribution in [3.8, 4) is 23.0 Å². The Balaban J connectivity index is 1.19. The van der Waals surface area contributed by atoms with Gasteiger partial charge in [-0.3, -0.25) is 0 Å². The number of hydrogen-bond acceptors (Lipinski definition) is 4. The van der Waals surface area contributed by atoms with Gasteiger partial charge in [0.05, 0.1) is 0 Å². The van der Waals surface area contributed by atoms with Gasteiger partial charge in [0, 0.05) is 39.1 Å². The number of hydrogen-bond donors (Lipinski definition) is 4. The highest BCUT2D eigenvalue weighted by atomic mass is 28.3. The Labute approximate surface area is 363 Å². The van der Waals surface area contributed by atoms with Gasteiger partial charge in [0.15, 0.2) is 0 Å². The molecule has 0 aromatic heterocycles. The fourth-order valence-corrected chi connectivity index (χ4v) is 15.3. The molecule has 4 rings (SSSR count). The number of aromatic hydroxyl groups is 4. The summed E-state index contributed by atoms with van der Waals surface area (Å²) in [7, 11) is -2.65. The first-order valence-corrected chi connectivity index (χ1v) is 30.5. The standard InChI is InChI=1S/C53H84O4Si2/c1-11-12-13-18-29-59(9,10)31-27-43-36-50(56)53(51(57)37-43)47-33-40(5)24-26-45(47)41(6)21-17-15-14-16-19-28-58(7,8)30-20-22-42-34-48(54)52(49(55)35-42)46-32-39(4)23-25-44(46)38(2)3/h32-37,44-47,54-57H,2,6,11-31H2,1,3-5,7-10H3/t44-,45-,46+,47+/m1/s1. The maximum absolute atomic E-state index is 11.4. The lowest BCUT2D eigenvalue weighted by Crippen LogP contribution is -2.25. The van der Waals surface area contributed by atoms with E-state index < -0.39 is 16.1 Å². The zero-order chi connectivity index (χ0) is 43.3. The van der Waals surface area contributed by atoms with Crippen LogP contribution in [-0.2, 0) is 12.8 Å². The van der Waals surface area contributed by atoms with E-state index in [1.807, 2.05) is 24.3 Å². The molecule has 2 aliphatic rings. The number of phenolic OH excluding ortho intramolecular Hbond substituents is 4. The minimum absolute atomic E-state index is 0.0238. The van der Waals surface area contributed by atoms with Gasteiger partial charge in [-0.05, 0) is 119 Å². The van der Waals surface area contributed by atoms with E-state index in [-0.39, 0.29) is 46.7 Å². The van der Waals surface area contributed by atoms with Crippen molar-refractivity contribution in [1.29, 1.82) is 0 Å². The third-order valence-electron chi connectivity index (χ3n) is 14.2. The summed E-state index contributed by atoms with van der Waals surface area (Å²) in [6.07, 6.45) is 23.9. The lowest BCUT2D eigenvalue weighted by molar-refractivity contribution is 0.401. The zero-order valence-electron chi connectivity index (χ0n) is 38.8. The van der Waals surface area contributed by atoms with Gasteiger partial charge in [0.2, 0.25) is 0 Å². The SMILES string of the molecule is C=C(C)[C@H]1CCC(C)=C[C@@H]1c1c(O)cc(CCC[Si](C)(C)CCCCCCCC(=C)[C@H]2CCC(C)=C[C@@H]2c2c(O)cc(CC[Si](C)(C)CCCCCC)cc2O)cc1O. The van der Waals surface area contributed by atoms with Crippen LogP contribution in [0.25, 0.3) is 0 Å². The van der Waals surface area contributed by atoms with Gasteiger partial charge in [-0.15, -0.1) is 0 Å². The van der Waals surface area contributed by atoms with E-state index in [4.69, 9.17) is 0 Å². The molecule has 59 heavy (non-hydrogen) atoms. The number of benzene rings is 2. The maximum Gasteiger partial charge on any atom is 0.123 e. The highest BCUT2D eigenvalue weighted by molar-refractivity contribution is 6.77. The number of phenols is 4. The van der Waals surface area contributed by atoms with E-state index in [9.17, 15) is 20.4 Å². The summed E-state index contributed by atoms with van der Waals surface area (Å²) >= 11 is 0. The summed E-state index contributed by atoms with van der Waals surface area (Å²) in [5, 5.41) is 44.9. The van der Waals surface area contributed by atoms with E-state index in [1.54, 1.807) is 0 Å². The van der Waals surface area contributed by atoms with E-state index in [1.165, 1.54) is 92.3 Å². The number of rotatable bonds is 24. The van der Waals surface area contributed by atoms with Gasteiger partial charge in [-0.2, -0.15) is 0 Å². The second-order valence-electron chi connectivity index (χ2n) is 20.7. The molecule has 328 valence electrons. The van der Waals surface area contributed by atoms with Crippen molar-refractivity contribution in [2.45, 2.75) is 199 Å². The lowest BCUT2D eigenvalue weighted by atomic mass is 9.72. The van der Waals surface area contributed by atoms with Crippen LogP contribution in [0.2, 0.25) is 50.4 Å². The van der Waals surface area contributed by atoms with Crippen LogP contribution in [0.5, 0.6) is 23.0 Å². The average Bonchev–Trinajstić information content (AvgIpc) is 3.15. The molecule has 4 nitrogen and oxygen atoms in total. The molecular weight excluding hydrogens is 757 g/mol. The molecule has 0 saturated heterocycles. The molecule has 6 heteroatoms. The van der Waals surface area contributed by atoms with Gasteiger partial charge in [0.25, 0.3) is 0 Å². The average molecular weight is 841 g/mol. The van der Waals surface area contributed by atoms with Crippen LogP contribution in [0.3, 0.4) is 0 Å². The Morgan fingerprint density at radius 2 is 1.00 bits per heavy atom. The first-order chi connectivity index (χ1) is 27.9. The van der Waals surface area contributed by atoms with Crippen molar-refractivity contribution in [3.05, 3.63) is 94.1 Å². The summed E-state index contributed by atoms with van der Waals surface area (Å²) in [5.41, 5.74) is 8.44. The molecule has 0 spiro atoms. The fourth-order valence-electron chi connectivity index (χ4n) is 10.3. The summed E-state index contributed by atoms with van der Waals surface area (Å²) < 4.78 is 0. The Kier molecular flexibility index (Phi) is 18.8. The summed E-state index contributed by atoms with van der Waals surface area (Å²) in [4.78, 5) is 0. The smallest absolute Gasteiger partial charge is 0.123 e. The van der Waals surface area contributed by atoms with Crippen LogP contribution in [0.1, 0.15) is 158 Å². The Morgan fingerprint density at radius 3 is 1.53 bits per heavy atom. The van der Waals surface area contributed by atoms with Crippen LogP contribution < -0.4 is 0 Å². The van der Waals surface area contributed by atoms with Gasteiger partial charge in [0.1, 0.15) is 23.0 Å². The van der Waals surface area contributed by atoms with Gasteiger partial charge < -0.3 is 20.4 Å². The lowest BCUT2D eigenvalue weighted by Gasteiger charge is -2.33. The summed E-state index contributed by atoms with van der Waals surface area (Å²) in [6, 6.07) is 12.8. The van der Waals surface area contributed by atoms with Crippen molar-refractivity contribution in [3.63, 3.8) is 0 Å². The van der Waals surface area contributed by atoms with Crippen molar-refractivity contribution >= 4 is 16.1 Å². The second kappa shape index (κ2) is 22.8. The molecule has 0 unspecified atom stereocenters. The van der Waals surface area contributed by atoms with Gasteiger partial charge in [-0.25, -0.2) is 0 Å². The first kappa shape index (κ1) is 48.7. The van der Waals surface area contributed by atoms with Crippen LogP contribution in [0, 0.1) is 11.8 Å². The van der Waals surface area contributed by atoms with E-state index in [2.05, 4.69) is 79.2 Å². The normalized spacial score (nSPS) is 20.0. The van der Waals surface area contributed by atoms with E-state index in [0.29, 0.717) is 11.1 Å². The molecule has 0 aliphatic heterocycles. The Morgan fingerprint density at radius 1 is 0.576 bits per heavy atom. The number of allylic oxidation sites excluding steroid dienone is 6. The molecule has 4 N–H and O–H groups in total. The van der Waals surface area contributed by atoms with Crippen LogP contribution in [0.15, 0.2) is 71.9 Å². The second-order valence-corrected chi connectivity index (χ2v) is 31.4. The fraction of sp³-hybridized carbons (Fsp3) is 0.623. The number of aryl methyl sites for hydroxylation is 2. The highest BCUT2D eigenvalue weighted by Crippen LogP contribution is 2.49.